The average Bonchev–Trinajstić information content (AvgIpc) is 2.67. The van der Waals surface area contributed by atoms with E-state index in [1.54, 1.807) is 12.1 Å². The highest BCUT2D eigenvalue weighted by Gasteiger charge is 2.55. The molecule has 170 valence electrons. The molecule has 2 aromatic rings. The Morgan fingerprint density at radius 1 is 0.781 bits per heavy atom. The van der Waals surface area contributed by atoms with Gasteiger partial charge in [0, 0.05) is 0 Å². The second kappa shape index (κ2) is 8.93. The van der Waals surface area contributed by atoms with E-state index in [-0.39, 0.29) is 0 Å². The van der Waals surface area contributed by atoms with Crippen molar-refractivity contribution >= 4 is 7.60 Å². The average molecular weight is 477 g/mol. The summed E-state index contributed by atoms with van der Waals surface area (Å²) in [7, 11) is -5.72. The Hall–Kier alpha value is -2.89. The van der Waals surface area contributed by atoms with Gasteiger partial charge in [-0.05, 0) is 35.4 Å². The number of benzene rings is 2. The molecule has 0 unspecified atom stereocenters. The number of alkyl halides is 6. The van der Waals surface area contributed by atoms with Crippen molar-refractivity contribution in [3.05, 3.63) is 70.8 Å². The fourth-order valence-corrected chi connectivity index (χ4v) is 4.79. The molecule has 0 bridgehead atoms. The Morgan fingerprint density at radius 2 is 1.12 bits per heavy atom. The third-order valence-electron chi connectivity index (χ3n) is 4.59. The number of nitriles is 2. The maximum atomic E-state index is 13.3. The lowest BCUT2D eigenvalue weighted by Gasteiger charge is -2.43. The first-order chi connectivity index (χ1) is 14.7. The highest BCUT2D eigenvalue weighted by Crippen LogP contribution is 2.63. The Kier molecular flexibility index (Phi) is 7.08. The lowest BCUT2D eigenvalue weighted by molar-refractivity contribution is -0.138. The zero-order valence-corrected chi connectivity index (χ0v) is 16.8. The van der Waals surface area contributed by atoms with E-state index in [4.69, 9.17) is 10.5 Å². The van der Waals surface area contributed by atoms with Crippen molar-refractivity contribution in [2.45, 2.75) is 17.6 Å². The van der Waals surface area contributed by atoms with E-state index in [1.165, 1.54) is 0 Å². The van der Waals surface area contributed by atoms with Crippen molar-refractivity contribution in [1.82, 2.24) is 4.90 Å². The van der Waals surface area contributed by atoms with Gasteiger partial charge in [0.05, 0.1) is 36.4 Å². The number of nitrogens with zero attached hydrogens (tertiary/aromatic N) is 3. The molecule has 2 rings (SSSR count). The van der Waals surface area contributed by atoms with Crippen LogP contribution in [-0.2, 0) is 22.2 Å². The highest BCUT2D eigenvalue weighted by molar-refractivity contribution is 7.53. The van der Waals surface area contributed by atoms with Gasteiger partial charge in [-0.3, -0.25) is 9.46 Å². The molecule has 0 radical (unpaired) electrons. The fraction of sp³-hybridized carbons (Fsp3) is 0.263. The largest absolute Gasteiger partial charge is 0.416 e. The van der Waals surface area contributed by atoms with Crippen molar-refractivity contribution in [2.75, 3.05) is 13.1 Å². The third kappa shape index (κ3) is 4.79. The maximum Gasteiger partial charge on any atom is 0.416 e. The Balaban J connectivity index is 3.05. The van der Waals surface area contributed by atoms with E-state index < -0.39 is 60.6 Å². The zero-order chi connectivity index (χ0) is 24.4. The first kappa shape index (κ1) is 25.4. The normalized spacial score (nSPS) is 13.0. The minimum absolute atomic E-state index is 0.376. The molecule has 0 aromatic heterocycles. The van der Waals surface area contributed by atoms with Gasteiger partial charge < -0.3 is 9.79 Å². The van der Waals surface area contributed by atoms with Gasteiger partial charge in [0.1, 0.15) is 0 Å². The van der Waals surface area contributed by atoms with Gasteiger partial charge in [-0.1, -0.05) is 24.3 Å². The molecule has 0 aliphatic carbocycles. The second-order valence-electron chi connectivity index (χ2n) is 6.55. The van der Waals surface area contributed by atoms with E-state index in [9.17, 15) is 40.7 Å². The molecule has 0 aliphatic rings. The molecule has 0 saturated heterocycles. The Morgan fingerprint density at radius 3 is 1.41 bits per heavy atom. The summed E-state index contributed by atoms with van der Waals surface area (Å²) in [5.41, 5.74) is -4.11. The molecule has 2 aromatic carbocycles. The Bertz CT molecular complexity index is 1040. The van der Waals surface area contributed by atoms with Crippen molar-refractivity contribution < 1.29 is 40.7 Å². The van der Waals surface area contributed by atoms with E-state index in [2.05, 4.69) is 0 Å². The quantitative estimate of drug-likeness (QED) is 0.362. The smallest absolute Gasteiger partial charge is 0.323 e. The van der Waals surface area contributed by atoms with Crippen LogP contribution in [0.4, 0.5) is 26.3 Å². The first-order valence-corrected chi connectivity index (χ1v) is 10.2. The molecule has 0 spiro atoms. The van der Waals surface area contributed by atoms with Crippen molar-refractivity contribution in [1.29, 1.82) is 10.5 Å². The lowest BCUT2D eigenvalue weighted by atomic mass is 9.93. The van der Waals surface area contributed by atoms with Gasteiger partial charge in [-0.25, -0.2) is 0 Å². The predicted molar refractivity (Wildman–Crippen MR) is 98.5 cm³/mol. The fourth-order valence-electron chi connectivity index (χ4n) is 3.33. The molecule has 0 saturated carbocycles. The molecule has 0 amide bonds. The third-order valence-corrected chi connectivity index (χ3v) is 6.23. The van der Waals surface area contributed by atoms with Crippen molar-refractivity contribution in [3.8, 4) is 12.1 Å². The summed E-state index contributed by atoms with van der Waals surface area (Å²) in [4.78, 5) is 21.2. The van der Waals surface area contributed by atoms with Crippen LogP contribution in [0, 0.1) is 22.7 Å². The highest BCUT2D eigenvalue weighted by atomic mass is 31.2. The minimum atomic E-state index is -5.72. The topological polar surface area (TPSA) is 108 Å². The van der Waals surface area contributed by atoms with E-state index in [1.807, 2.05) is 0 Å². The standard InChI is InChI=1S/C19H14F6N3O3P/c20-18(21,22)15-5-1-3-13(11-15)17(32(29,30)31,28(9-7-26)10-8-27)14-4-2-6-16(12-14)19(23,24)25/h1-6,11-12H,9-10H2,(H2,29,30,31). The zero-order valence-electron chi connectivity index (χ0n) is 15.9. The van der Waals surface area contributed by atoms with Crippen LogP contribution >= 0.6 is 7.60 Å². The first-order valence-electron chi connectivity index (χ1n) is 8.59. The summed E-state index contributed by atoms with van der Waals surface area (Å²) >= 11 is 0. The molecule has 6 nitrogen and oxygen atoms in total. The predicted octanol–water partition coefficient (Wildman–Crippen LogP) is 4.45. The van der Waals surface area contributed by atoms with Crippen LogP contribution < -0.4 is 0 Å². The number of halogens is 6. The van der Waals surface area contributed by atoms with Gasteiger partial charge in [-0.2, -0.15) is 36.9 Å². The number of hydrogen-bond acceptors (Lipinski definition) is 4. The van der Waals surface area contributed by atoms with Gasteiger partial charge >= 0.3 is 19.9 Å². The molecule has 32 heavy (non-hydrogen) atoms. The van der Waals surface area contributed by atoms with Crippen molar-refractivity contribution in [3.63, 3.8) is 0 Å². The van der Waals surface area contributed by atoms with E-state index >= 15 is 0 Å². The molecular formula is C19H14F6N3O3P. The van der Waals surface area contributed by atoms with Crippen LogP contribution in [0.1, 0.15) is 22.3 Å². The molecule has 13 heteroatoms. The van der Waals surface area contributed by atoms with Gasteiger partial charge in [0.25, 0.3) is 0 Å². The van der Waals surface area contributed by atoms with Crippen LogP contribution in [0.15, 0.2) is 48.5 Å². The van der Waals surface area contributed by atoms with Crippen molar-refractivity contribution in [2.24, 2.45) is 0 Å². The van der Waals surface area contributed by atoms with Gasteiger partial charge in [-0.15, -0.1) is 0 Å². The van der Waals surface area contributed by atoms with E-state index in [0.717, 1.165) is 24.3 Å². The van der Waals surface area contributed by atoms with Gasteiger partial charge in [0.15, 0.2) is 5.28 Å². The SMILES string of the molecule is N#CCN(CC#N)C(c1cccc(C(F)(F)F)c1)(c1cccc(C(F)(F)F)c1)P(=O)(O)O. The van der Waals surface area contributed by atoms with Crippen LogP contribution in [0.25, 0.3) is 0 Å². The maximum absolute atomic E-state index is 13.3. The number of hydrogen-bond donors (Lipinski definition) is 2. The van der Waals surface area contributed by atoms with E-state index in [0.29, 0.717) is 29.2 Å². The summed E-state index contributed by atoms with van der Waals surface area (Å²) in [6.45, 7) is -1.77. The van der Waals surface area contributed by atoms with Crippen LogP contribution in [0.2, 0.25) is 0 Å². The second-order valence-corrected chi connectivity index (χ2v) is 8.28. The molecule has 0 heterocycles. The molecule has 0 aliphatic heterocycles. The molecule has 0 fully saturated rings. The molecule has 2 N–H and O–H groups in total. The van der Waals surface area contributed by atoms with Crippen LogP contribution in [-0.4, -0.2) is 27.8 Å². The van der Waals surface area contributed by atoms with Crippen LogP contribution in [0.5, 0.6) is 0 Å². The Labute approximate surface area is 178 Å². The number of rotatable bonds is 6. The summed E-state index contributed by atoms with van der Waals surface area (Å²) in [5, 5.41) is 15.3. The summed E-state index contributed by atoms with van der Waals surface area (Å²) in [5.74, 6) is 0. The van der Waals surface area contributed by atoms with Crippen LogP contribution in [0.3, 0.4) is 0 Å². The van der Waals surface area contributed by atoms with Gasteiger partial charge in [0.2, 0.25) is 0 Å². The molecule has 0 atom stereocenters. The summed E-state index contributed by atoms with van der Waals surface area (Å²) < 4.78 is 92.7. The minimum Gasteiger partial charge on any atom is -0.323 e. The lowest BCUT2D eigenvalue weighted by Crippen LogP contribution is -2.47. The monoisotopic (exact) mass is 477 g/mol. The molecular weight excluding hydrogens is 463 g/mol. The summed E-state index contributed by atoms with van der Waals surface area (Å²) in [6.07, 6.45) is -9.89. The summed E-state index contributed by atoms with van der Waals surface area (Å²) in [6, 6.07) is 8.49.